The summed E-state index contributed by atoms with van der Waals surface area (Å²) < 4.78 is 6.41. The number of phenols is 1. The summed E-state index contributed by atoms with van der Waals surface area (Å²) in [5.74, 6) is 3.61. The predicted molar refractivity (Wildman–Crippen MR) is 95.9 cm³/mol. The second-order valence-electron chi connectivity index (χ2n) is 4.73. The Morgan fingerprint density at radius 1 is 1.38 bits per heavy atom. The smallest absolute Gasteiger partial charge is 0.261 e. The SMILES string of the molecule is CCC1SCCSC1c1noc(-c2cc(I)ccc2O)n1. The Bertz CT molecular complexity index is 635. The van der Waals surface area contributed by atoms with Gasteiger partial charge in [0.25, 0.3) is 5.89 Å². The van der Waals surface area contributed by atoms with Gasteiger partial charge in [0.2, 0.25) is 0 Å². The van der Waals surface area contributed by atoms with Crippen LogP contribution in [0.15, 0.2) is 22.7 Å². The Morgan fingerprint density at radius 3 is 3.00 bits per heavy atom. The summed E-state index contributed by atoms with van der Waals surface area (Å²) in [5.41, 5.74) is 0.599. The van der Waals surface area contributed by atoms with E-state index in [1.165, 1.54) is 5.75 Å². The molecule has 1 aromatic carbocycles. The molecule has 1 N–H and O–H groups in total. The first-order chi connectivity index (χ1) is 10.2. The van der Waals surface area contributed by atoms with Crippen molar-refractivity contribution in [1.82, 2.24) is 10.1 Å². The number of rotatable bonds is 3. The van der Waals surface area contributed by atoms with Crippen molar-refractivity contribution in [3.63, 3.8) is 0 Å². The third-order valence-electron chi connectivity index (χ3n) is 3.34. The van der Waals surface area contributed by atoms with Gasteiger partial charge in [-0.05, 0) is 47.2 Å². The molecule has 7 heteroatoms. The number of benzene rings is 1. The second kappa shape index (κ2) is 6.78. The highest BCUT2D eigenvalue weighted by molar-refractivity contribution is 14.1. The largest absolute Gasteiger partial charge is 0.507 e. The van der Waals surface area contributed by atoms with Crippen LogP contribution < -0.4 is 0 Å². The lowest BCUT2D eigenvalue weighted by atomic mass is 10.2. The predicted octanol–water partition coefficient (Wildman–Crippen LogP) is 4.35. The van der Waals surface area contributed by atoms with Crippen LogP contribution in [0.3, 0.4) is 0 Å². The zero-order chi connectivity index (χ0) is 14.8. The molecule has 112 valence electrons. The Labute approximate surface area is 145 Å². The third kappa shape index (κ3) is 3.34. The van der Waals surface area contributed by atoms with E-state index in [-0.39, 0.29) is 11.0 Å². The number of halogens is 1. The molecule has 0 bridgehead atoms. The summed E-state index contributed by atoms with van der Waals surface area (Å²) in [6, 6.07) is 5.35. The maximum Gasteiger partial charge on any atom is 0.261 e. The first kappa shape index (κ1) is 15.5. The van der Waals surface area contributed by atoms with Gasteiger partial charge in [0.15, 0.2) is 5.82 Å². The lowest BCUT2D eigenvalue weighted by Gasteiger charge is -2.27. The molecular weight excluding hydrogens is 419 g/mol. The molecule has 4 nitrogen and oxygen atoms in total. The summed E-state index contributed by atoms with van der Waals surface area (Å²) in [7, 11) is 0. The molecule has 0 spiro atoms. The van der Waals surface area contributed by atoms with Crippen molar-refractivity contribution in [1.29, 1.82) is 0 Å². The highest BCUT2D eigenvalue weighted by atomic mass is 127. The van der Waals surface area contributed by atoms with Gasteiger partial charge in [-0.25, -0.2) is 0 Å². The molecule has 1 aliphatic heterocycles. The molecule has 3 rings (SSSR count). The van der Waals surface area contributed by atoms with Gasteiger partial charge in [-0.2, -0.15) is 16.7 Å². The van der Waals surface area contributed by atoms with Crippen LogP contribution in [-0.4, -0.2) is 32.0 Å². The maximum absolute atomic E-state index is 9.97. The van der Waals surface area contributed by atoms with Crippen LogP contribution in [0.2, 0.25) is 0 Å². The molecule has 21 heavy (non-hydrogen) atoms. The van der Waals surface area contributed by atoms with Crippen LogP contribution in [0.5, 0.6) is 5.75 Å². The average Bonchev–Trinajstić information content (AvgIpc) is 2.99. The Hall–Kier alpha value is -0.410. The number of hydrogen-bond donors (Lipinski definition) is 1. The fourth-order valence-corrected chi connectivity index (χ4v) is 5.75. The third-order valence-corrected chi connectivity index (χ3v) is 7.25. The van der Waals surface area contributed by atoms with Gasteiger partial charge >= 0.3 is 0 Å². The van der Waals surface area contributed by atoms with Crippen molar-refractivity contribution in [3.8, 4) is 17.2 Å². The minimum absolute atomic E-state index is 0.170. The summed E-state index contributed by atoms with van der Waals surface area (Å²) in [6.45, 7) is 2.20. The molecule has 2 atom stereocenters. The van der Waals surface area contributed by atoms with E-state index in [2.05, 4.69) is 39.7 Å². The minimum Gasteiger partial charge on any atom is -0.507 e. The van der Waals surface area contributed by atoms with Crippen LogP contribution in [0.4, 0.5) is 0 Å². The fraction of sp³-hybridized carbons (Fsp3) is 0.429. The molecule has 1 aromatic heterocycles. The van der Waals surface area contributed by atoms with Gasteiger partial charge in [-0.15, -0.1) is 11.8 Å². The van der Waals surface area contributed by atoms with E-state index in [0.717, 1.165) is 21.6 Å². The van der Waals surface area contributed by atoms with Gasteiger partial charge in [-0.1, -0.05) is 12.1 Å². The number of phenolic OH excluding ortho intramolecular Hbond substituents is 1. The van der Waals surface area contributed by atoms with Gasteiger partial charge in [0.1, 0.15) is 5.75 Å². The van der Waals surface area contributed by atoms with E-state index in [1.54, 1.807) is 6.07 Å². The van der Waals surface area contributed by atoms with Gasteiger partial charge in [0, 0.05) is 20.3 Å². The summed E-state index contributed by atoms with van der Waals surface area (Å²) in [4.78, 5) is 4.53. The standard InChI is InChI=1S/C14H15IN2O2S2/c1-2-11-12(21-6-5-20-11)13-16-14(19-17-13)9-7-8(15)3-4-10(9)18/h3-4,7,11-12,18H,2,5-6H2,1H3. The normalized spacial score (nSPS) is 22.4. The van der Waals surface area contributed by atoms with E-state index in [1.807, 2.05) is 35.7 Å². The zero-order valence-corrected chi connectivity index (χ0v) is 15.2. The van der Waals surface area contributed by atoms with Crippen LogP contribution in [0, 0.1) is 3.57 Å². The van der Waals surface area contributed by atoms with Crippen LogP contribution in [0.25, 0.3) is 11.5 Å². The van der Waals surface area contributed by atoms with E-state index >= 15 is 0 Å². The number of aromatic nitrogens is 2. The highest BCUT2D eigenvalue weighted by Crippen LogP contribution is 2.43. The molecule has 0 amide bonds. The zero-order valence-electron chi connectivity index (χ0n) is 11.5. The van der Waals surface area contributed by atoms with Crippen LogP contribution in [-0.2, 0) is 0 Å². The molecule has 1 saturated heterocycles. The highest BCUT2D eigenvalue weighted by Gasteiger charge is 2.30. The van der Waals surface area contributed by atoms with Crippen molar-refractivity contribution in [2.45, 2.75) is 23.8 Å². The Balaban J connectivity index is 1.90. The molecule has 0 saturated carbocycles. The monoisotopic (exact) mass is 434 g/mol. The minimum atomic E-state index is 0.170. The second-order valence-corrected chi connectivity index (χ2v) is 8.57. The van der Waals surface area contributed by atoms with E-state index in [4.69, 9.17) is 4.52 Å². The first-order valence-electron chi connectivity index (χ1n) is 6.74. The van der Waals surface area contributed by atoms with Crippen molar-refractivity contribution in [3.05, 3.63) is 27.6 Å². The number of aromatic hydroxyl groups is 1. The molecule has 0 aliphatic carbocycles. The van der Waals surface area contributed by atoms with Crippen molar-refractivity contribution < 1.29 is 9.63 Å². The topological polar surface area (TPSA) is 59.2 Å². The number of hydrogen-bond acceptors (Lipinski definition) is 6. The number of thioether (sulfide) groups is 2. The Kier molecular flexibility index (Phi) is 5.00. The molecular formula is C14H15IN2O2S2. The van der Waals surface area contributed by atoms with Crippen molar-refractivity contribution in [2.75, 3.05) is 11.5 Å². The molecule has 1 aliphatic rings. The molecule has 2 heterocycles. The van der Waals surface area contributed by atoms with Crippen molar-refractivity contribution >= 4 is 46.1 Å². The van der Waals surface area contributed by atoms with Crippen molar-refractivity contribution in [2.24, 2.45) is 0 Å². The van der Waals surface area contributed by atoms with Gasteiger partial charge in [-0.3, -0.25) is 0 Å². The van der Waals surface area contributed by atoms with E-state index in [9.17, 15) is 5.11 Å². The van der Waals surface area contributed by atoms with Crippen LogP contribution >= 0.6 is 46.1 Å². The summed E-state index contributed by atoms with van der Waals surface area (Å²) in [5, 5.41) is 14.9. The fourth-order valence-electron chi connectivity index (χ4n) is 2.28. The molecule has 2 unspecified atom stereocenters. The molecule has 2 aromatic rings. The lowest BCUT2D eigenvalue weighted by molar-refractivity contribution is 0.416. The quantitative estimate of drug-likeness (QED) is 0.726. The lowest BCUT2D eigenvalue weighted by Crippen LogP contribution is -2.19. The average molecular weight is 434 g/mol. The maximum atomic E-state index is 9.97. The summed E-state index contributed by atoms with van der Waals surface area (Å²) in [6.07, 6.45) is 1.10. The van der Waals surface area contributed by atoms with Gasteiger partial charge < -0.3 is 9.63 Å². The van der Waals surface area contributed by atoms with E-state index < -0.39 is 0 Å². The van der Waals surface area contributed by atoms with Gasteiger partial charge in [0.05, 0.1) is 10.8 Å². The molecule has 1 fully saturated rings. The Morgan fingerprint density at radius 2 is 2.19 bits per heavy atom. The van der Waals surface area contributed by atoms with E-state index in [0.29, 0.717) is 16.7 Å². The first-order valence-corrected chi connectivity index (χ1v) is 9.92. The molecule has 0 radical (unpaired) electrons. The number of nitrogens with zero attached hydrogens (tertiary/aromatic N) is 2. The van der Waals surface area contributed by atoms with Crippen LogP contribution in [0.1, 0.15) is 24.4 Å². The summed E-state index contributed by atoms with van der Waals surface area (Å²) >= 11 is 6.08.